The van der Waals surface area contributed by atoms with Gasteiger partial charge in [0.15, 0.2) is 0 Å². The van der Waals surface area contributed by atoms with Crippen LogP contribution in [-0.2, 0) is 9.53 Å². The van der Waals surface area contributed by atoms with Crippen LogP contribution in [0.15, 0.2) is 18.2 Å². The molecule has 3 atom stereocenters. The summed E-state index contributed by atoms with van der Waals surface area (Å²) in [5, 5.41) is 9.24. The van der Waals surface area contributed by atoms with Gasteiger partial charge in [-0.05, 0) is 38.3 Å². The molecule has 3 rings (SSSR count). The number of nitrogens with one attached hydrogen (secondary N) is 3. The fourth-order valence-electron chi connectivity index (χ4n) is 5.61. The van der Waals surface area contributed by atoms with E-state index < -0.39 is 11.9 Å². The average Bonchev–Trinajstić information content (AvgIpc) is 2.87. The van der Waals surface area contributed by atoms with E-state index in [1.54, 1.807) is 12.1 Å². The van der Waals surface area contributed by atoms with E-state index in [4.69, 9.17) is 16.3 Å². The second-order valence-corrected chi connectivity index (χ2v) is 10.6. The van der Waals surface area contributed by atoms with Gasteiger partial charge in [-0.3, -0.25) is 4.79 Å². The Labute approximate surface area is 219 Å². The molecule has 1 heterocycles. The van der Waals surface area contributed by atoms with Crippen molar-refractivity contribution in [1.29, 1.82) is 0 Å². The topological polar surface area (TPSA) is 82.7 Å². The lowest BCUT2D eigenvalue weighted by molar-refractivity contribution is -0.119. The van der Waals surface area contributed by atoms with Crippen LogP contribution in [0.4, 0.5) is 9.18 Å². The molecule has 0 aromatic heterocycles. The summed E-state index contributed by atoms with van der Waals surface area (Å²) in [6.07, 6.45) is 8.40. The van der Waals surface area contributed by atoms with Crippen LogP contribution in [0.5, 0.6) is 0 Å². The van der Waals surface area contributed by atoms with Crippen LogP contribution < -0.4 is 16.0 Å². The predicted octanol–water partition coefficient (Wildman–Crippen LogP) is 4.65. The molecule has 9 heteroatoms. The fraction of sp³-hybridized carbons (Fsp3) is 0.704. The van der Waals surface area contributed by atoms with Crippen molar-refractivity contribution in [3.05, 3.63) is 34.6 Å². The summed E-state index contributed by atoms with van der Waals surface area (Å²) in [6, 6.07) is 4.94. The molecule has 0 unspecified atom stereocenters. The van der Waals surface area contributed by atoms with E-state index in [9.17, 15) is 14.0 Å². The Kier molecular flexibility index (Phi) is 11.7. The molecular formula is C27H42ClFN4O3. The number of carbonyl (C=O) groups excluding carboxylic acids is 2. The number of benzene rings is 1. The smallest absolute Gasteiger partial charge is 0.317 e. The van der Waals surface area contributed by atoms with Gasteiger partial charge in [-0.15, -0.1) is 0 Å². The number of hydrogen-bond acceptors (Lipinski definition) is 4. The number of carbonyl (C=O) groups is 2. The Bertz CT molecular complexity index is 852. The molecule has 2 fully saturated rings. The van der Waals surface area contributed by atoms with E-state index in [1.165, 1.54) is 45.1 Å². The highest BCUT2D eigenvalue weighted by Gasteiger charge is 2.33. The third-order valence-corrected chi connectivity index (χ3v) is 7.65. The van der Waals surface area contributed by atoms with Crippen molar-refractivity contribution in [2.24, 2.45) is 11.8 Å². The zero-order valence-electron chi connectivity index (χ0n) is 21.7. The Morgan fingerprint density at radius 3 is 2.69 bits per heavy atom. The van der Waals surface area contributed by atoms with Crippen molar-refractivity contribution in [3.63, 3.8) is 0 Å². The number of urea groups is 1. The lowest BCUT2D eigenvalue weighted by atomic mass is 9.85. The van der Waals surface area contributed by atoms with Crippen molar-refractivity contribution < 1.29 is 18.7 Å². The number of nitrogens with zero attached hydrogens (tertiary/aromatic N) is 1. The maximum atomic E-state index is 15.0. The Morgan fingerprint density at radius 1 is 1.19 bits per heavy atom. The minimum Gasteiger partial charge on any atom is -0.371 e. The molecule has 3 N–H and O–H groups in total. The molecule has 36 heavy (non-hydrogen) atoms. The number of amides is 3. The van der Waals surface area contributed by atoms with Gasteiger partial charge in [0.05, 0.1) is 17.7 Å². The number of piperidine rings is 1. The molecule has 2 aliphatic rings. The molecule has 1 saturated heterocycles. The zero-order chi connectivity index (χ0) is 25.9. The summed E-state index contributed by atoms with van der Waals surface area (Å²) in [6.45, 7) is 3.89. The molecule has 1 aliphatic heterocycles. The number of likely N-dealkylation sites (tertiary alicyclic amines) is 1. The summed E-state index contributed by atoms with van der Waals surface area (Å²) < 4.78 is 21.1. The van der Waals surface area contributed by atoms with Crippen molar-refractivity contribution in [1.82, 2.24) is 20.9 Å². The first-order chi connectivity index (χ1) is 17.4. The van der Waals surface area contributed by atoms with Gasteiger partial charge in [-0.2, -0.15) is 0 Å². The lowest BCUT2D eigenvalue weighted by Crippen LogP contribution is -2.52. The summed E-state index contributed by atoms with van der Waals surface area (Å²) >= 11 is 6.08. The Morgan fingerprint density at radius 2 is 1.97 bits per heavy atom. The molecule has 1 aromatic carbocycles. The van der Waals surface area contributed by atoms with Crippen LogP contribution in [-0.4, -0.2) is 62.7 Å². The highest BCUT2D eigenvalue weighted by atomic mass is 35.5. The second-order valence-electron chi connectivity index (χ2n) is 10.2. The normalized spacial score (nSPS) is 20.6. The third-order valence-electron chi connectivity index (χ3n) is 7.36. The van der Waals surface area contributed by atoms with Gasteiger partial charge in [0.2, 0.25) is 5.91 Å². The molecule has 7 nitrogen and oxygen atoms in total. The monoisotopic (exact) mass is 524 g/mol. The first kappa shape index (κ1) is 28.7. The van der Waals surface area contributed by atoms with Crippen LogP contribution in [0, 0.1) is 17.7 Å². The summed E-state index contributed by atoms with van der Waals surface area (Å²) in [4.78, 5) is 26.4. The number of hydrogen-bond donors (Lipinski definition) is 3. The van der Waals surface area contributed by atoms with Gasteiger partial charge in [0.25, 0.3) is 0 Å². The number of likely N-dealkylation sites (N-methyl/N-ethyl adjacent to an activating group) is 1. The van der Waals surface area contributed by atoms with Crippen LogP contribution >= 0.6 is 11.6 Å². The lowest BCUT2D eigenvalue weighted by Gasteiger charge is -2.38. The molecule has 202 valence electrons. The maximum Gasteiger partial charge on any atom is 0.317 e. The fourth-order valence-corrected chi connectivity index (χ4v) is 5.79. The second kappa shape index (κ2) is 14.7. The van der Waals surface area contributed by atoms with Gasteiger partial charge in [0.1, 0.15) is 5.82 Å². The van der Waals surface area contributed by atoms with Crippen LogP contribution in [0.25, 0.3) is 0 Å². The van der Waals surface area contributed by atoms with Crippen molar-refractivity contribution in [2.75, 3.05) is 39.8 Å². The molecule has 0 spiro atoms. The Balaban J connectivity index is 1.66. The molecule has 3 amide bonds. The molecule has 1 aromatic rings. The number of rotatable bonds is 11. The van der Waals surface area contributed by atoms with Crippen molar-refractivity contribution in [3.8, 4) is 0 Å². The van der Waals surface area contributed by atoms with Crippen LogP contribution in [0.2, 0.25) is 5.02 Å². The first-order valence-corrected chi connectivity index (χ1v) is 13.8. The van der Waals surface area contributed by atoms with E-state index >= 15 is 0 Å². The van der Waals surface area contributed by atoms with Gasteiger partial charge in [-0.1, -0.05) is 55.8 Å². The highest BCUT2D eigenvalue weighted by Crippen LogP contribution is 2.36. The molecule has 1 aliphatic carbocycles. The zero-order valence-corrected chi connectivity index (χ0v) is 22.4. The van der Waals surface area contributed by atoms with Gasteiger partial charge < -0.3 is 25.6 Å². The molecule has 1 saturated carbocycles. The van der Waals surface area contributed by atoms with E-state index in [0.717, 1.165) is 25.8 Å². The van der Waals surface area contributed by atoms with Crippen molar-refractivity contribution in [2.45, 2.75) is 70.4 Å². The van der Waals surface area contributed by atoms with E-state index in [0.29, 0.717) is 31.1 Å². The standard InChI is InChI=1S/C27H42ClFN4O3/c1-19(34)31-13-15-36-26(23-11-6-12-24(28)25(23)29)21-10-7-14-33(18-21)27(35)32-22(17-30-2)16-20-8-4-3-5-9-20/h6,11-12,20-22,26,30H,3-5,7-10,13-18H2,1-2H3,(H,31,34)(H,32,35)/t21-,22+,26+/m1/s1. The van der Waals surface area contributed by atoms with E-state index in [1.807, 2.05) is 11.9 Å². The predicted molar refractivity (Wildman–Crippen MR) is 141 cm³/mol. The van der Waals surface area contributed by atoms with E-state index in [2.05, 4.69) is 16.0 Å². The summed E-state index contributed by atoms with van der Waals surface area (Å²) in [5.74, 6) is -0.0598. The van der Waals surface area contributed by atoms with Crippen LogP contribution in [0.3, 0.4) is 0 Å². The average molecular weight is 525 g/mol. The van der Waals surface area contributed by atoms with E-state index in [-0.39, 0.29) is 35.5 Å². The van der Waals surface area contributed by atoms with Crippen molar-refractivity contribution >= 4 is 23.5 Å². The third kappa shape index (κ3) is 8.60. The molecule has 0 bridgehead atoms. The summed E-state index contributed by atoms with van der Waals surface area (Å²) in [7, 11) is 1.92. The molecule has 0 radical (unpaired) electrons. The van der Waals surface area contributed by atoms with Gasteiger partial charge in [-0.25, -0.2) is 9.18 Å². The largest absolute Gasteiger partial charge is 0.371 e. The number of ether oxygens (including phenoxy) is 1. The number of halogens is 2. The summed E-state index contributed by atoms with van der Waals surface area (Å²) in [5.41, 5.74) is 0.392. The minimum atomic E-state index is -0.566. The molecular weight excluding hydrogens is 483 g/mol. The highest BCUT2D eigenvalue weighted by molar-refractivity contribution is 6.30. The SMILES string of the molecule is CNC[C@H](CC1CCCCC1)NC(=O)N1CCC[C@@H]([C@H](OCCNC(C)=O)c2cccc(Cl)c2F)C1. The quantitative estimate of drug-likeness (QED) is 0.368. The Hall–Kier alpha value is -1.90. The van der Waals surface area contributed by atoms with Gasteiger partial charge >= 0.3 is 6.03 Å². The maximum absolute atomic E-state index is 15.0. The van der Waals surface area contributed by atoms with Gasteiger partial charge in [0, 0.05) is 50.6 Å². The minimum absolute atomic E-state index is 0.0472. The first-order valence-electron chi connectivity index (χ1n) is 13.4. The van der Waals surface area contributed by atoms with Crippen LogP contribution in [0.1, 0.15) is 70.0 Å².